The molecule has 2 rings (SSSR count). The van der Waals surface area contributed by atoms with Crippen LogP contribution in [0.25, 0.3) is 0 Å². The fourth-order valence-electron chi connectivity index (χ4n) is 2.98. The van der Waals surface area contributed by atoms with Gasteiger partial charge in [0, 0.05) is 13.1 Å². The van der Waals surface area contributed by atoms with Crippen LogP contribution in [0.1, 0.15) is 38.7 Å². The summed E-state index contributed by atoms with van der Waals surface area (Å²) in [5.74, 6) is 0.760. The van der Waals surface area contributed by atoms with E-state index < -0.39 is 6.04 Å². The molecule has 1 fully saturated rings. The Balaban J connectivity index is 1.95. The van der Waals surface area contributed by atoms with Crippen molar-refractivity contribution < 1.29 is 14.3 Å². The molecule has 1 aliphatic rings. The van der Waals surface area contributed by atoms with Gasteiger partial charge in [-0.2, -0.15) is 0 Å². The van der Waals surface area contributed by atoms with Gasteiger partial charge in [-0.15, -0.1) is 0 Å². The molecule has 1 aromatic carbocycles. The van der Waals surface area contributed by atoms with Gasteiger partial charge in [-0.25, -0.2) is 0 Å². The summed E-state index contributed by atoms with van der Waals surface area (Å²) in [4.78, 5) is 27.0. The number of piperidine rings is 1. The lowest BCUT2D eigenvalue weighted by Crippen LogP contribution is -2.52. The van der Waals surface area contributed by atoms with E-state index in [2.05, 4.69) is 5.32 Å². The SMILES string of the molecule is COc1ccc(CC(=O)N[C@@H](C(=O)N2CCCCC2)C(C)C)cc1. The van der Waals surface area contributed by atoms with Crippen molar-refractivity contribution in [3.05, 3.63) is 29.8 Å². The van der Waals surface area contributed by atoms with Crippen LogP contribution in [0.15, 0.2) is 24.3 Å². The first-order valence-corrected chi connectivity index (χ1v) is 8.72. The fraction of sp³-hybridized carbons (Fsp3) is 0.579. The third-order valence-corrected chi connectivity index (χ3v) is 4.44. The summed E-state index contributed by atoms with van der Waals surface area (Å²) in [7, 11) is 1.61. The zero-order valence-corrected chi connectivity index (χ0v) is 14.9. The highest BCUT2D eigenvalue weighted by molar-refractivity contribution is 5.88. The Morgan fingerprint density at radius 3 is 2.29 bits per heavy atom. The molecule has 0 aliphatic carbocycles. The van der Waals surface area contributed by atoms with Crippen molar-refractivity contribution in [3.63, 3.8) is 0 Å². The average molecular weight is 332 g/mol. The van der Waals surface area contributed by atoms with E-state index in [0.717, 1.165) is 37.2 Å². The number of nitrogens with zero attached hydrogens (tertiary/aromatic N) is 1. The van der Waals surface area contributed by atoms with Crippen molar-refractivity contribution in [2.45, 2.75) is 45.6 Å². The maximum Gasteiger partial charge on any atom is 0.245 e. The van der Waals surface area contributed by atoms with Gasteiger partial charge in [-0.05, 0) is 42.9 Å². The van der Waals surface area contributed by atoms with Crippen molar-refractivity contribution in [2.24, 2.45) is 5.92 Å². The summed E-state index contributed by atoms with van der Waals surface area (Å²) in [6, 6.07) is 6.96. The zero-order valence-electron chi connectivity index (χ0n) is 14.9. The molecule has 5 heteroatoms. The third-order valence-electron chi connectivity index (χ3n) is 4.44. The lowest BCUT2D eigenvalue weighted by atomic mass is 10.0. The number of carbonyl (C=O) groups is 2. The van der Waals surface area contributed by atoms with Gasteiger partial charge in [0.05, 0.1) is 13.5 Å². The first-order valence-electron chi connectivity index (χ1n) is 8.72. The fourth-order valence-corrected chi connectivity index (χ4v) is 2.98. The largest absolute Gasteiger partial charge is 0.497 e. The number of methoxy groups -OCH3 is 1. The summed E-state index contributed by atoms with van der Waals surface area (Å²) in [5, 5.41) is 2.93. The molecular weight excluding hydrogens is 304 g/mol. The van der Waals surface area contributed by atoms with E-state index >= 15 is 0 Å². The molecule has 1 heterocycles. The van der Waals surface area contributed by atoms with Gasteiger partial charge in [-0.1, -0.05) is 26.0 Å². The summed E-state index contributed by atoms with van der Waals surface area (Å²) in [6.07, 6.45) is 3.55. The minimum absolute atomic E-state index is 0.0489. The number of rotatable bonds is 6. The Morgan fingerprint density at radius 2 is 1.75 bits per heavy atom. The number of likely N-dealkylation sites (tertiary alicyclic amines) is 1. The Labute approximate surface area is 144 Å². The molecule has 1 atom stereocenters. The van der Waals surface area contributed by atoms with Crippen LogP contribution >= 0.6 is 0 Å². The Bertz CT molecular complexity index is 548. The van der Waals surface area contributed by atoms with Crippen molar-refractivity contribution >= 4 is 11.8 Å². The Hall–Kier alpha value is -2.04. The maximum absolute atomic E-state index is 12.7. The molecule has 1 saturated heterocycles. The van der Waals surface area contributed by atoms with Crippen LogP contribution in [0, 0.1) is 5.92 Å². The minimum Gasteiger partial charge on any atom is -0.497 e. The highest BCUT2D eigenvalue weighted by Crippen LogP contribution is 2.15. The monoisotopic (exact) mass is 332 g/mol. The highest BCUT2D eigenvalue weighted by Gasteiger charge is 2.29. The molecule has 132 valence electrons. The first kappa shape index (κ1) is 18.3. The van der Waals surface area contributed by atoms with Crippen LogP contribution in [-0.2, 0) is 16.0 Å². The standard InChI is InChI=1S/C19H28N2O3/c1-14(2)18(19(23)21-11-5-4-6-12-21)20-17(22)13-15-7-9-16(24-3)10-8-15/h7-10,14,18H,4-6,11-13H2,1-3H3,(H,20,22)/t18-/m1/s1. The molecule has 5 nitrogen and oxygen atoms in total. The first-order chi connectivity index (χ1) is 11.5. The molecule has 1 N–H and O–H groups in total. The van der Waals surface area contributed by atoms with Crippen LogP contribution < -0.4 is 10.1 Å². The van der Waals surface area contributed by atoms with Gasteiger partial charge in [-0.3, -0.25) is 9.59 Å². The number of ether oxygens (including phenoxy) is 1. The summed E-state index contributed by atoms with van der Waals surface area (Å²) in [6.45, 7) is 5.55. The summed E-state index contributed by atoms with van der Waals surface area (Å²) >= 11 is 0. The average Bonchev–Trinajstić information content (AvgIpc) is 2.60. The smallest absolute Gasteiger partial charge is 0.245 e. The number of hydrogen-bond acceptors (Lipinski definition) is 3. The lowest BCUT2D eigenvalue weighted by molar-refractivity contribution is -0.138. The van der Waals surface area contributed by atoms with E-state index in [4.69, 9.17) is 4.74 Å². The van der Waals surface area contributed by atoms with Crippen LogP contribution in [0.4, 0.5) is 0 Å². The van der Waals surface area contributed by atoms with Gasteiger partial charge in [0.1, 0.15) is 11.8 Å². The summed E-state index contributed by atoms with van der Waals surface area (Å²) in [5.41, 5.74) is 0.904. The second kappa shape index (κ2) is 8.71. The van der Waals surface area contributed by atoms with Gasteiger partial charge >= 0.3 is 0 Å². The van der Waals surface area contributed by atoms with E-state index in [1.165, 1.54) is 6.42 Å². The molecule has 0 saturated carbocycles. The highest BCUT2D eigenvalue weighted by atomic mass is 16.5. The molecule has 0 aromatic heterocycles. The maximum atomic E-state index is 12.7. The third kappa shape index (κ3) is 4.98. The van der Waals surface area contributed by atoms with E-state index in [-0.39, 0.29) is 24.2 Å². The second-order valence-electron chi connectivity index (χ2n) is 6.70. The predicted octanol–water partition coefficient (Wildman–Crippen LogP) is 2.39. The molecule has 24 heavy (non-hydrogen) atoms. The number of amides is 2. The normalized spacial score (nSPS) is 15.9. The molecular formula is C19H28N2O3. The molecule has 0 bridgehead atoms. The van der Waals surface area contributed by atoms with Crippen molar-refractivity contribution in [3.8, 4) is 5.75 Å². The van der Waals surface area contributed by atoms with Crippen molar-refractivity contribution in [2.75, 3.05) is 20.2 Å². The van der Waals surface area contributed by atoms with Crippen molar-refractivity contribution in [1.29, 1.82) is 0 Å². The van der Waals surface area contributed by atoms with E-state index in [1.54, 1.807) is 7.11 Å². The van der Waals surface area contributed by atoms with Crippen LogP contribution in [-0.4, -0.2) is 43.0 Å². The predicted molar refractivity (Wildman–Crippen MR) is 93.9 cm³/mol. The van der Waals surface area contributed by atoms with Crippen LogP contribution in [0.2, 0.25) is 0 Å². The zero-order chi connectivity index (χ0) is 17.5. The molecule has 1 aliphatic heterocycles. The second-order valence-corrected chi connectivity index (χ2v) is 6.70. The van der Waals surface area contributed by atoms with Crippen LogP contribution in [0.5, 0.6) is 5.75 Å². The van der Waals surface area contributed by atoms with E-state index in [9.17, 15) is 9.59 Å². The van der Waals surface area contributed by atoms with Gasteiger partial charge in [0.15, 0.2) is 0 Å². The molecule has 2 amide bonds. The van der Waals surface area contributed by atoms with Gasteiger partial charge in [0.2, 0.25) is 11.8 Å². The number of hydrogen-bond donors (Lipinski definition) is 1. The van der Waals surface area contributed by atoms with E-state index in [0.29, 0.717) is 0 Å². The number of nitrogens with one attached hydrogen (secondary N) is 1. The van der Waals surface area contributed by atoms with Gasteiger partial charge in [0.25, 0.3) is 0 Å². The lowest BCUT2D eigenvalue weighted by Gasteiger charge is -2.32. The number of carbonyl (C=O) groups excluding carboxylic acids is 2. The topological polar surface area (TPSA) is 58.6 Å². The molecule has 0 unspecified atom stereocenters. The Morgan fingerprint density at radius 1 is 1.12 bits per heavy atom. The minimum atomic E-state index is -0.450. The van der Waals surface area contributed by atoms with E-state index in [1.807, 2.05) is 43.0 Å². The Kier molecular flexibility index (Phi) is 6.64. The van der Waals surface area contributed by atoms with Crippen molar-refractivity contribution in [1.82, 2.24) is 10.2 Å². The number of benzene rings is 1. The summed E-state index contributed by atoms with van der Waals surface area (Å²) < 4.78 is 5.12. The molecule has 1 aromatic rings. The van der Waals surface area contributed by atoms with Gasteiger partial charge < -0.3 is 15.0 Å². The quantitative estimate of drug-likeness (QED) is 0.870. The van der Waals surface area contributed by atoms with Crippen LogP contribution in [0.3, 0.4) is 0 Å². The molecule has 0 spiro atoms. The molecule has 0 radical (unpaired) electrons.